The fraction of sp³-hybridized carbons (Fsp3) is 0.310. The Labute approximate surface area is 211 Å². The maximum Gasteiger partial charge on any atom is 0.234 e. The third-order valence-electron chi connectivity index (χ3n) is 7.20. The number of nitriles is 1. The molecule has 0 amide bonds. The van der Waals surface area contributed by atoms with E-state index in [1.54, 1.807) is 6.20 Å². The molecule has 4 aromatic rings. The molecule has 0 unspecified atom stereocenters. The summed E-state index contributed by atoms with van der Waals surface area (Å²) in [6, 6.07) is 23.8. The zero-order valence-corrected chi connectivity index (χ0v) is 20.3. The highest BCUT2D eigenvalue weighted by atomic mass is 15.2. The third-order valence-corrected chi connectivity index (χ3v) is 7.20. The number of anilines is 1. The normalized spacial score (nSPS) is 16.0. The lowest BCUT2D eigenvalue weighted by Crippen LogP contribution is -2.38. The Morgan fingerprint density at radius 1 is 0.917 bits per heavy atom. The molecule has 180 valence electrons. The molecule has 7 heteroatoms. The minimum Gasteiger partial charge on any atom is -0.367 e. The number of aryl methyl sites for hydroxylation is 1. The van der Waals surface area contributed by atoms with E-state index in [1.165, 1.54) is 34.6 Å². The maximum absolute atomic E-state index is 9.00. The summed E-state index contributed by atoms with van der Waals surface area (Å²) < 4.78 is 2.40. The molecule has 0 spiro atoms. The van der Waals surface area contributed by atoms with Crippen molar-refractivity contribution in [1.82, 2.24) is 24.4 Å². The summed E-state index contributed by atoms with van der Waals surface area (Å²) in [5.74, 6) is 2.14. The molecule has 0 atom stereocenters. The molecule has 36 heavy (non-hydrogen) atoms. The summed E-state index contributed by atoms with van der Waals surface area (Å²) in [5.41, 5.74) is 6.09. The van der Waals surface area contributed by atoms with Gasteiger partial charge >= 0.3 is 0 Å². The van der Waals surface area contributed by atoms with Crippen molar-refractivity contribution in [2.75, 3.05) is 18.4 Å². The highest BCUT2D eigenvalue weighted by Crippen LogP contribution is 2.35. The van der Waals surface area contributed by atoms with Gasteiger partial charge in [0.1, 0.15) is 17.7 Å². The first-order valence-electron chi connectivity index (χ1n) is 12.7. The monoisotopic (exact) mass is 475 g/mol. The van der Waals surface area contributed by atoms with Crippen LogP contribution in [0.15, 0.2) is 66.9 Å². The summed E-state index contributed by atoms with van der Waals surface area (Å²) >= 11 is 0. The molecule has 0 radical (unpaired) electrons. The average molecular weight is 476 g/mol. The molecule has 1 fully saturated rings. The van der Waals surface area contributed by atoms with Gasteiger partial charge in [0.15, 0.2) is 0 Å². The van der Waals surface area contributed by atoms with E-state index in [-0.39, 0.29) is 5.82 Å². The SMILES string of the molecule is N#Cc1nccc(NC2CCN(Cc3ccc(-c4nc5n(c4-c4ccccc4)CCC5)cc3)CC2)n1. The van der Waals surface area contributed by atoms with Gasteiger partial charge in [-0.2, -0.15) is 5.26 Å². The minimum atomic E-state index is 0.205. The number of imidazole rings is 1. The van der Waals surface area contributed by atoms with E-state index in [0.29, 0.717) is 6.04 Å². The molecule has 7 nitrogen and oxygen atoms in total. The van der Waals surface area contributed by atoms with E-state index in [0.717, 1.165) is 57.0 Å². The van der Waals surface area contributed by atoms with Gasteiger partial charge < -0.3 is 9.88 Å². The Kier molecular flexibility index (Phi) is 6.18. The van der Waals surface area contributed by atoms with Crippen molar-refractivity contribution in [3.8, 4) is 28.6 Å². The van der Waals surface area contributed by atoms with Gasteiger partial charge in [-0.15, -0.1) is 0 Å². The van der Waals surface area contributed by atoms with E-state index in [2.05, 4.69) is 79.3 Å². The molecule has 4 heterocycles. The first-order valence-corrected chi connectivity index (χ1v) is 12.7. The molecule has 0 aliphatic carbocycles. The van der Waals surface area contributed by atoms with Crippen molar-refractivity contribution in [3.63, 3.8) is 0 Å². The zero-order valence-electron chi connectivity index (χ0n) is 20.3. The van der Waals surface area contributed by atoms with Gasteiger partial charge in [-0.05, 0) is 30.9 Å². The summed E-state index contributed by atoms with van der Waals surface area (Å²) in [5, 5.41) is 12.5. The molecule has 6 rings (SSSR count). The molecular weight excluding hydrogens is 446 g/mol. The zero-order chi connectivity index (χ0) is 24.3. The quantitative estimate of drug-likeness (QED) is 0.427. The number of hydrogen-bond donors (Lipinski definition) is 1. The van der Waals surface area contributed by atoms with Crippen molar-refractivity contribution < 1.29 is 0 Å². The number of aromatic nitrogens is 4. The van der Waals surface area contributed by atoms with Gasteiger partial charge in [0.2, 0.25) is 5.82 Å². The first-order chi connectivity index (χ1) is 17.8. The number of hydrogen-bond acceptors (Lipinski definition) is 6. The van der Waals surface area contributed by atoms with Crippen LogP contribution in [0.25, 0.3) is 22.5 Å². The number of fused-ring (bicyclic) bond motifs is 1. The molecule has 2 aromatic carbocycles. The molecule has 2 aliphatic heterocycles. The largest absolute Gasteiger partial charge is 0.367 e. The molecule has 1 N–H and O–H groups in total. The van der Waals surface area contributed by atoms with Gasteiger partial charge in [0.05, 0.1) is 11.4 Å². The Morgan fingerprint density at radius 3 is 2.50 bits per heavy atom. The second-order valence-corrected chi connectivity index (χ2v) is 9.62. The van der Waals surface area contributed by atoms with Crippen LogP contribution in [0.5, 0.6) is 0 Å². The molecule has 2 aliphatic rings. The number of nitrogens with zero attached hydrogens (tertiary/aromatic N) is 6. The topological polar surface area (TPSA) is 82.7 Å². The van der Waals surface area contributed by atoms with Gasteiger partial charge in [-0.3, -0.25) is 4.90 Å². The molecule has 0 saturated carbocycles. The number of benzene rings is 2. The Balaban J connectivity index is 1.11. The predicted octanol–water partition coefficient (Wildman–Crippen LogP) is 4.90. The average Bonchev–Trinajstić information content (AvgIpc) is 3.53. The van der Waals surface area contributed by atoms with Crippen molar-refractivity contribution in [2.45, 2.75) is 44.8 Å². The van der Waals surface area contributed by atoms with Crippen LogP contribution in [0.4, 0.5) is 5.82 Å². The van der Waals surface area contributed by atoms with E-state index < -0.39 is 0 Å². The van der Waals surface area contributed by atoms with Gasteiger partial charge in [0, 0.05) is 56.0 Å². The van der Waals surface area contributed by atoms with Crippen molar-refractivity contribution in [3.05, 3.63) is 84.1 Å². The highest BCUT2D eigenvalue weighted by Gasteiger charge is 2.23. The van der Waals surface area contributed by atoms with Gasteiger partial charge in [-0.1, -0.05) is 54.6 Å². The fourth-order valence-corrected chi connectivity index (χ4v) is 5.38. The van der Waals surface area contributed by atoms with Crippen LogP contribution >= 0.6 is 0 Å². The van der Waals surface area contributed by atoms with Crippen molar-refractivity contribution in [1.29, 1.82) is 5.26 Å². The lowest BCUT2D eigenvalue weighted by molar-refractivity contribution is 0.211. The Hall–Kier alpha value is -4.02. The van der Waals surface area contributed by atoms with Crippen LogP contribution in [0.1, 0.15) is 36.5 Å². The van der Waals surface area contributed by atoms with Gasteiger partial charge in [0.25, 0.3) is 0 Å². The smallest absolute Gasteiger partial charge is 0.234 e. The lowest BCUT2D eigenvalue weighted by Gasteiger charge is -2.32. The van der Waals surface area contributed by atoms with Crippen LogP contribution in [0, 0.1) is 11.3 Å². The van der Waals surface area contributed by atoms with Crippen LogP contribution in [-0.2, 0) is 19.5 Å². The van der Waals surface area contributed by atoms with Crippen molar-refractivity contribution >= 4 is 5.82 Å². The highest BCUT2D eigenvalue weighted by molar-refractivity contribution is 5.79. The Bertz CT molecular complexity index is 1380. The second kappa shape index (κ2) is 9.92. The fourth-order valence-electron chi connectivity index (χ4n) is 5.38. The van der Waals surface area contributed by atoms with E-state index in [4.69, 9.17) is 10.2 Å². The van der Waals surface area contributed by atoms with Crippen LogP contribution < -0.4 is 5.32 Å². The number of rotatable bonds is 6. The summed E-state index contributed by atoms with van der Waals surface area (Å²) in [4.78, 5) is 15.7. The Morgan fingerprint density at radius 2 is 1.72 bits per heavy atom. The van der Waals surface area contributed by atoms with Crippen LogP contribution in [-0.4, -0.2) is 43.6 Å². The lowest BCUT2D eigenvalue weighted by atomic mass is 10.0. The van der Waals surface area contributed by atoms with Crippen LogP contribution in [0.2, 0.25) is 0 Å². The maximum atomic E-state index is 9.00. The predicted molar refractivity (Wildman–Crippen MR) is 140 cm³/mol. The van der Waals surface area contributed by atoms with Gasteiger partial charge in [-0.25, -0.2) is 15.0 Å². The van der Waals surface area contributed by atoms with E-state index >= 15 is 0 Å². The first kappa shape index (κ1) is 22.4. The number of piperidine rings is 1. The minimum absolute atomic E-state index is 0.205. The van der Waals surface area contributed by atoms with E-state index in [9.17, 15) is 0 Å². The second-order valence-electron chi connectivity index (χ2n) is 9.62. The molecule has 1 saturated heterocycles. The van der Waals surface area contributed by atoms with E-state index in [1.807, 2.05) is 12.1 Å². The van der Waals surface area contributed by atoms with Crippen LogP contribution in [0.3, 0.4) is 0 Å². The molecule has 0 bridgehead atoms. The third kappa shape index (κ3) is 4.60. The number of nitrogens with one attached hydrogen (secondary N) is 1. The standard InChI is InChI=1S/C29H29N7/c30-19-26-31-15-12-25(33-26)32-24-13-17-35(18-14-24)20-21-8-10-22(11-9-21)28-29(23-5-2-1-3-6-23)36-16-4-7-27(36)34-28/h1-3,5-6,8-12,15,24H,4,7,13-14,16-18,20H2,(H,31,32,33). The molecular formula is C29H29N7. The van der Waals surface area contributed by atoms with Crippen molar-refractivity contribution in [2.24, 2.45) is 0 Å². The number of likely N-dealkylation sites (tertiary alicyclic amines) is 1. The summed E-state index contributed by atoms with van der Waals surface area (Å²) in [6.07, 6.45) is 5.95. The summed E-state index contributed by atoms with van der Waals surface area (Å²) in [6.45, 7) is 4.06. The molecule has 2 aromatic heterocycles. The summed E-state index contributed by atoms with van der Waals surface area (Å²) in [7, 11) is 0.